The lowest BCUT2D eigenvalue weighted by Crippen LogP contribution is -2.37. The highest BCUT2D eigenvalue weighted by atomic mass is 31.2. The van der Waals surface area contributed by atoms with Crippen molar-refractivity contribution in [3.8, 4) is 0 Å². The lowest BCUT2D eigenvalue weighted by molar-refractivity contribution is -0.870. The highest BCUT2D eigenvalue weighted by Crippen LogP contribution is 2.38. The van der Waals surface area contributed by atoms with Crippen LogP contribution in [0, 0.1) is 0 Å². The van der Waals surface area contributed by atoms with Gasteiger partial charge in [-0.1, -0.05) is 174 Å². The molecule has 0 spiro atoms. The van der Waals surface area contributed by atoms with Gasteiger partial charge in [0.25, 0.3) is 7.82 Å². The number of nitrogens with zero attached hydrogens (tertiary/aromatic N) is 1. The highest BCUT2D eigenvalue weighted by molar-refractivity contribution is 7.45. The van der Waals surface area contributed by atoms with E-state index in [0.717, 1.165) is 12.8 Å². The summed E-state index contributed by atoms with van der Waals surface area (Å²) in [6.45, 7) is 4.87. The zero-order chi connectivity index (χ0) is 35.6. The molecular formula is C39H80NO7P. The number of hydrogen-bond acceptors (Lipinski definition) is 7. The third-order valence-electron chi connectivity index (χ3n) is 8.96. The van der Waals surface area contributed by atoms with E-state index in [1.54, 1.807) is 6.92 Å². The quantitative estimate of drug-likeness (QED) is 0.0273. The molecule has 288 valence electrons. The van der Waals surface area contributed by atoms with Gasteiger partial charge in [-0.15, -0.1) is 0 Å². The molecule has 0 bridgehead atoms. The molecule has 0 saturated carbocycles. The fourth-order valence-corrected chi connectivity index (χ4v) is 6.49. The second-order valence-electron chi connectivity index (χ2n) is 15.0. The number of quaternary nitrogens is 1. The third-order valence-corrected chi connectivity index (χ3v) is 9.93. The topological polar surface area (TPSA) is 94.1 Å². The summed E-state index contributed by atoms with van der Waals surface area (Å²) in [7, 11) is 1.36. The van der Waals surface area contributed by atoms with Crippen molar-refractivity contribution in [3.63, 3.8) is 0 Å². The first-order valence-corrected chi connectivity index (χ1v) is 21.7. The van der Waals surface area contributed by atoms with Crippen LogP contribution >= 0.6 is 7.82 Å². The molecule has 0 saturated heterocycles. The monoisotopic (exact) mass is 706 g/mol. The molecule has 0 radical (unpaired) electrons. The van der Waals surface area contributed by atoms with Crippen LogP contribution in [-0.2, 0) is 27.9 Å². The summed E-state index contributed by atoms with van der Waals surface area (Å²) in [6, 6.07) is 0. The maximum absolute atomic E-state index is 12.1. The molecule has 0 aliphatic rings. The van der Waals surface area contributed by atoms with Crippen molar-refractivity contribution in [3.05, 3.63) is 0 Å². The van der Waals surface area contributed by atoms with Crippen LogP contribution in [0.15, 0.2) is 0 Å². The minimum atomic E-state index is -4.48. The van der Waals surface area contributed by atoms with Gasteiger partial charge in [0.1, 0.15) is 19.3 Å². The van der Waals surface area contributed by atoms with Gasteiger partial charge >= 0.3 is 5.97 Å². The molecule has 48 heavy (non-hydrogen) atoms. The zero-order valence-corrected chi connectivity index (χ0v) is 33.4. The normalized spacial score (nSPS) is 13.9. The Hall–Kier alpha value is -0.500. The number of phosphoric acid groups is 1. The van der Waals surface area contributed by atoms with Gasteiger partial charge in [-0.25, -0.2) is 0 Å². The average molecular weight is 706 g/mol. The Morgan fingerprint density at radius 1 is 0.562 bits per heavy atom. The summed E-state index contributed by atoms with van der Waals surface area (Å²) < 4.78 is 33.6. The number of rotatable bonds is 38. The minimum Gasteiger partial charge on any atom is -0.756 e. The van der Waals surface area contributed by atoms with Crippen LogP contribution in [0.1, 0.15) is 187 Å². The van der Waals surface area contributed by atoms with Crippen molar-refractivity contribution in [2.75, 3.05) is 54.1 Å². The largest absolute Gasteiger partial charge is 0.756 e. The third kappa shape index (κ3) is 36.8. The Morgan fingerprint density at radius 2 is 0.938 bits per heavy atom. The van der Waals surface area contributed by atoms with E-state index in [4.69, 9.17) is 18.5 Å². The van der Waals surface area contributed by atoms with Crippen molar-refractivity contribution in [1.29, 1.82) is 0 Å². The first-order valence-electron chi connectivity index (χ1n) is 20.3. The van der Waals surface area contributed by atoms with E-state index in [0.29, 0.717) is 17.6 Å². The lowest BCUT2D eigenvalue weighted by atomic mass is 10.0. The molecule has 0 aliphatic heterocycles. The molecule has 0 aliphatic carbocycles. The molecule has 0 N–H and O–H groups in total. The molecule has 2 atom stereocenters. The number of phosphoric ester groups is 1. The highest BCUT2D eigenvalue weighted by Gasteiger charge is 2.19. The molecule has 0 aromatic rings. The zero-order valence-electron chi connectivity index (χ0n) is 32.5. The smallest absolute Gasteiger partial charge is 0.305 e. The van der Waals surface area contributed by atoms with Gasteiger partial charge in [0.15, 0.2) is 0 Å². The predicted molar refractivity (Wildman–Crippen MR) is 199 cm³/mol. The van der Waals surface area contributed by atoms with Crippen molar-refractivity contribution >= 4 is 13.8 Å². The molecule has 0 rings (SSSR count). The van der Waals surface area contributed by atoms with E-state index >= 15 is 0 Å². The molecule has 0 heterocycles. The average Bonchev–Trinajstić information content (AvgIpc) is 3.04. The van der Waals surface area contributed by atoms with Gasteiger partial charge in [-0.05, 0) is 6.42 Å². The van der Waals surface area contributed by atoms with Crippen LogP contribution < -0.4 is 4.89 Å². The Morgan fingerprint density at radius 3 is 1.29 bits per heavy atom. The van der Waals surface area contributed by atoms with E-state index in [9.17, 15) is 14.3 Å². The summed E-state index contributed by atoms with van der Waals surface area (Å²) in [4.78, 5) is 23.8. The lowest BCUT2D eigenvalue weighted by Gasteiger charge is -2.28. The minimum absolute atomic E-state index is 0.0276. The predicted octanol–water partition coefficient (Wildman–Crippen LogP) is 10.7. The Bertz CT molecular complexity index is 746. The number of carbonyl (C=O) groups excluding carboxylic acids is 1. The van der Waals surface area contributed by atoms with Crippen LogP contribution in [0.25, 0.3) is 0 Å². The first kappa shape index (κ1) is 47.5. The summed E-state index contributed by atoms with van der Waals surface area (Å²) >= 11 is 0. The fourth-order valence-electron chi connectivity index (χ4n) is 5.76. The second kappa shape index (κ2) is 33.6. The van der Waals surface area contributed by atoms with Crippen molar-refractivity contribution in [2.24, 2.45) is 0 Å². The molecule has 2 unspecified atom stereocenters. The van der Waals surface area contributed by atoms with E-state index in [1.165, 1.54) is 154 Å². The molecule has 0 aromatic heterocycles. The van der Waals surface area contributed by atoms with Crippen molar-refractivity contribution in [1.82, 2.24) is 0 Å². The van der Waals surface area contributed by atoms with Crippen LogP contribution in [-0.4, -0.2) is 70.7 Å². The van der Waals surface area contributed by atoms with E-state index in [-0.39, 0.29) is 26.2 Å². The van der Waals surface area contributed by atoms with Gasteiger partial charge in [0.05, 0.1) is 34.4 Å². The summed E-state index contributed by atoms with van der Waals surface area (Å²) in [5, 5.41) is 0. The molecule has 9 heteroatoms. The van der Waals surface area contributed by atoms with Crippen molar-refractivity contribution < 1.29 is 37.3 Å². The SMILES string of the molecule is CCCCCCCCCCCCCCCCCCCCCCCCCCCCOCC(COP(=O)([O-])OCC[N+](C)(C)C)OC(=O)CC. The number of likely N-dealkylation sites (N-methyl/N-ethyl adjacent to an activating group) is 1. The Kier molecular flexibility index (Phi) is 33.3. The van der Waals surface area contributed by atoms with Crippen LogP contribution in [0.4, 0.5) is 0 Å². The van der Waals surface area contributed by atoms with Gasteiger partial charge in [0.2, 0.25) is 0 Å². The summed E-state index contributed by atoms with van der Waals surface area (Å²) in [5.74, 6) is -0.417. The number of carbonyl (C=O) groups is 1. The van der Waals surface area contributed by atoms with Crippen LogP contribution in [0.5, 0.6) is 0 Å². The Labute approximate surface area is 298 Å². The number of hydrogen-bond donors (Lipinski definition) is 0. The van der Waals surface area contributed by atoms with Gasteiger partial charge in [-0.3, -0.25) is 9.36 Å². The molecule has 0 aromatic carbocycles. The number of unbranched alkanes of at least 4 members (excludes halogenated alkanes) is 25. The first-order chi connectivity index (χ1) is 23.1. The van der Waals surface area contributed by atoms with Crippen LogP contribution in [0.3, 0.4) is 0 Å². The van der Waals surface area contributed by atoms with Crippen molar-refractivity contribution in [2.45, 2.75) is 193 Å². The summed E-state index contributed by atoms with van der Waals surface area (Å²) in [5.41, 5.74) is 0. The Balaban J connectivity index is 3.55. The fraction of sp³-hybridized carbons (Fsp3) is 0.974. The maximum Gasteiger partial charge on any atom is 0.305 e. The molecular weight excluding hydrogens is 625 g/mol. The van der Waals surface area contributed by atoms with Gasteiger partial charge in [-0.2, -0.15) is 0 Å². The second-order valence-corrected chi connectivity index (χ2v) is 16.4. The maximum atomic E-state index is 12.1. The van der Waals surface area contributed by atoms with E-state index in [1.807, 2.05) is 21.1 Å². The molecule has 0 amide bonds. The van der Waals surface area contributed by atoms with Gasteiger partial charge in [0, 0.05) is 13.0 Å². The molecule has 0 fully saturated rings. The molecule has 8 nitrogen and oxygen atoms in total. The van der Waals surface area contributed by atoms with Crippen LogP contribution in [0.2, 0.25) is 0 Å². The van der Waals surface area contributed by atoms with E-state index in [2.05, 4.69) is 6.92 Å². The number of ether oxygens (including phenoxy) is 2. The van der Waals surface area contributed by atoms with E-state index < -0.39 is 19.9 Å². The number of esters is 1. The standard InChI is InChI=1S/C39H80NO7P/c1-6-8-9-10-11-12-13-14-15-16-17-18-19-20-21-22-23-24-25-26-27-28-29-30-31-32-34-44-36-38(47-39(41)7-2)37-46-48(42,43)45-35-33-40(3,4)5/h38H,6-37H2,1-5H3. The van der Waals surface area contributed by atoms with Gasteiger partial charge < -0.3 is 27.9 Å². The summed E-state index contributed by atoms with van der Waals surface area (Å²) in [6.07, 6.45) is 35.1.